The van der Waals surface area contributed by atoms with Gasteiger partial charge in [-0.15, -0.1) is 0 Å². The monoisotopic (exact) mass is 248 g/mol. The molecule has 1 aliphatic heterocycles. The van der Waals surface area contributed by atoms with Gasteiger partial charge >= 0.3 is 5.97 Å². The van der Waals surface area contributed by atoms with E-state index in [2.05, 4.69) is 0 Å². The number of benzene rings is 1. The van der Waals surface area contributed by atoms with Crippen molar-refractivity contribution >= 4 is 11.8 Å². The smallest absolute Gasteiger partial charge is 0.306 e. The van der Waals surface area contributed by atoms with E-state index in [9.17, 15) is 9.59 Å². The number of methoxy groups -OCH3 is 1. The number of ketones is 1. The molecule has 1 heterocycles. The molecule has 1 saturated heterocycles. The van der Waals surface area contributed by atoms with Gasteiger partial charge in [-0.25, -0.2) is 0 Å². The maximum absolute atomic E-state index is 12.2. The van der Waals surface area contributed by atoms with E-state index in [1.807, 2.05) is 19.9 Å². The number of hydrogen-bond acceptors (Lipinski definition) is 4. The first-order valence-corrected chi connectivity index (χ1v) is 5.92. The zero-order valence-electron chi connectivity index (χ0n) is 10.8. The first kappa shape index (κ1) is 12.6. The summed E-state index contributed by atoms with van der Waals surface area (Å²) in [5.41, 5.74) is 2.34. The maximum Gasteiger partial charge on any atom is 0.306 e. The van der Waals surface area contributed by atoms with E-state index in [4.69, 9.17) is 9.47 Å². The molecular formula is C14H16O4. The molecule has 4 nitrogen and oxygen atoms in total. The predicted molar refractivity (Wildman–Crippen MR) is 65.9 cm³/mol. The third-order valence-electron chi connectivity index (χ3n) is 3.18. The van der Waals surface area contributed by atoms with Crippen LogP contribution in [0.15, 0.2) is 12.1 Å². The first-order valence-electron chi connectivity index (χ1n) is 5.92. The second kappa shape index (κ2) is 4.80. The van der Waals surface area contributed by atoms with Gasteiger partial charge in [0.05, 0.1) is 7.11 Å². The lowest BCUT2D eigenvalue weighted by molar-refractivity contribution is -0.140. The lowest BCUT2D eigenvalue weighted by Gasteiger charge is -2.13. The Balaban J connectivity index is 2.30. The van der Waals surface area contributed by atoms with Crippen LogP contribution < -0.4 is 4.74 Å². The van der Waals surface area contributed by atoms with E-state index in [0.29, 0.717) is 18.4 Å². The minimum atomic E-state index is -0.621. The summed E-state index contributed by atoms with van der Waals surface area (Å²) in [7, 11) is 1.60. The fourth-order valence-electron chi connectivity index (χ4n) is 2.16. The minimum Gasteiger partial charge on any atom is -0.496 e. The SMILES string of the molecule is COc1cc(C)c(C(=O)C2CCC(=O)O2)cc1C. The zero-order chi connectivity index (χ0) is 13.3. The van der Waals surface area contributed by atoms with Gasteiger partial charge in [-0.1, -0.05) is 0 Å². The number of Topliss-reactive ketones (excluding diaryl/α,β-unsaturated/α-hetero) is 1. The van der Waals surface area contributed by atoms with Crippen molar-refractivity contribution in [3.63, 3.8) is 0 Å². The molecule has 18 heavy (non-hydrogen) atoms. The molecule has 0 radical (unpaired) electrons. The molecule has 0 spiro atoms. The Labute approximate surface area is 106 Å². The summed E-state index contributed by atoms with van der Waals surface area (Å²) >= 11 is 0. The zero-order valence-corrected chi connectivity index (χ0v) is 10.8. The highest BCUT2D eigenvalue weighted by atomic mass is 16.6. The molecule has 0 aromatic heterocycles. The molecule has 0 saturated carbocycles. The third kappa shape index (κ3) is 2.23. The minimum absolute atomic E-state index is 0.121. The molecule has 2 rings (SSSR count). The van der Waals surface area contributed by atoms with Gasteiger partial charge in [0, 0.05) is 18.4 Å². The summed E-state index contributed by atoms with van der Waals surface area (Å²) in [4.78, 5) is 23.3. The topological polar surface area (TPSA) is 52.6 Å². The van der Waals surface area contributed by atoms with Crippen molar-refractivity contribution in [2.75, 3.05) is 7.11 Å². The van der Waals surface area contributed by atoms with E-state index in [1.54, 1.807) is 13.2 Å². The molecule has 1 aliphatic rings. The Morgan fingerprint density at radius 2 is 2.06 bits per heavy atom. The second-order valence-corrected chi connectivity index (χ2v) is 4.52. The molecule has 4 heteroatoms. The van der Waals surface area contributed by atoms with Crippen molar-refractivity contribution < 1.29 is 19.1 Å². The van der Waals surface area contributed by atoms with Crippen LogP contribution in [0.5, 0.6) is 5.75 Å². The van der Waals surface area contributed by atoms with Gasteiger partial charge in [0.25, 0.3) is 0 Å². The Bertz CT molecular complexity index is 505. The van der Waals surface area contributed by atoms with E-state index >= 15 is 0 Å². The fourth-order valence-corrected chi connectivity index (χ4v) is 2.16. The third-order valence-corrected chi connectivity index (χ3v) is 3.18. The summed E-state index contributed by atoms with van der Waals surface area (Å²) in [5, 5.41) is 0. The molecule has 0 bridgehead atoms. The van der Waals surface area contributed by atoms with Gasteiger partial charge in [0.2, 0.25) is 5.78 Å². The van der Waals surface area contributed by atoms with E-state index < -0.39 is 6.10 Å². The highest BCUT2D eigenvalue weighted by Gasteiger charge is 2.31. The lowest BCUT2D eigenvalue weighted by atomic mass is 9.97. The molecule has 0 amide bonds. The van der Waals surface area contributed by atoms with Crippen LogP contribution in [0.25, 0.3) is 0 Å². The van der Waals surface area contributed by atoms with Crippen LogP contribution in [0.3, 0.4) is 0 Å². The number of aryl methyl sites for hydroxylation is 2. The summed E-state index contributed by atoms with van der Waals surface area (Å²) in [6.07, 6.45) is 0.177. The molecule has 0 aliphatic carbocycles. The Morgan fingerprint density at radius 3 is 2.61 bits per heavy atom. The van der Waals surface area contributed by atoms with Crippen molar-refractivity contribution in [3.05, 3.63) is 28.8 Å². The number of ether oxygens (including phenoxy) is 2. The van der Waals surface area contributed by atoms with Gasteiger partial charge in [0.1, 0.15) is 5.75 Å². The molecule has 0 N–H and O–H groups in total. The normalized spacial score (nSPS) is 18.6. The van der Waals surface area contributed by atoms with Crippen LogP contribution in [0.4, 0.5) is 0 Å². The number of cyclic esters (lactones) is 1. The van der Waals surface area contributed by atoms with E-state index in [0.717, 1.165) is 16.9 Å². The van der Waals surface area contributed by atoms with Crippen molar-refractivity contribution in [2.45, 2.75) is 32.8 Å². The van der Waals surface area contributed by atoms with E-state index in [-0.39, 0.29) is 11.8 Å². The van der Waals surface area contributed by atoms with Crippen molar-refractivity contribution in [1.82, 2.24) is 0 Å². The summed E-state index contributed by atoms with van der Waals surface area (Å²) in [6.45, 7) is 3.74. The number of rotatable bonds is 3. The van der Waals surface area contributed by atoms with Crippen LogP contribution in [0.1, 0.15) is 34.3 Å². The van der Waals surface area contributed by atoms with Gasteiger partial charge in [0.15, 0.2) is 6.10 Å². The number of carbonyl (C=O) groups is 2. The molecule has 1 atom stereocenters. The number of hydrogen-bond donors (Lipinski definition) is 0. The largest absolute Gasteiger partial charge is 0.496 e. The average Bonchev–Trinajstić information content (AvgIpc) is 2.77. The Hall–Kier alpha value is -1.84. The molecule has 1 fully saturated rings. The summed E-state index contributed by atoms with van der Waals surface area (Å²) in [5.74, 6) is 0.341. The number of carbonyl (C=O) groups excluding carboxylic acids is 2. The number of esters is 1. The van der Waals surface area contributed by atoms with Crippen molar-refractivity contribution in [3.8, 4) is 5.75 Å². The van der Waals surface area contributed by atoms with Crippen molar-refractivity contribution in [1.29, 1.82) is 0 Å². The van der Waals surface area contributed by atoms with Gasteiger partial charge in [-0.2, -0.15) is 0 Å². The first-order chi connectivity index (χ1) is 8.52. The van der Waals surface area contributed by atoms with Gasteiger partial charge < -0.3 is 9.47 Å². The van der Waals surface area contributed by atoms with Crippen LogP contribution in [0, 0.1) is 13.8 Å². The Kier molecular flexibility index (Phi) is 3.36. The molecular weight excluding hydrogens is 232 g/mol. The van der Waals surface area contributed by atoms with E-state index in [1.165, 1.54) is 0 Å². The standard InChI is InChI=1S/C14H16O4/c1-8-7-12(17-3)9(2)6-10(8)14(16)11-4-5-13(15)18-11/h6-7,11H,4-5H2,1-3H3. The van der Waals surface area contributed by atoms with Crippen LogP contribution >= 0.6 is 0 Å². The molecule has 1 aromatic carbocycles. The summed E-state index contributed by atoms with van der Waals surface area (Å²) < 4.78 is 10.2. The second-order valence-electron chi connectivity index (χ2n) is 4.52. The molecule has 96 valence electrons. The predicted octanol–water partition coefficient (Wildman–Crippen LogP) is 2.20. The highest BCUT2D eigenvalue weighted by molar-refractivity contribution is 6.02. The molecule has 1 aromatic rings. The highest BCUT2D eigenvalue weighted by Crippen LogP contribution is 2.26. The van der Waals surface area contributed by atoms with Gasteiger partial charge in [-0.3, -0.25) is 9.59 Å². The Morgan fingerprint density at radius 1 is 1.33 bits per heavy atom. The lowest BCUT2D eigenvalue weighted by Crippen LogP contribution is -2.21. The fraction of sp³-hybridized carbons (Fsp3) is 0.429. The van der Waals surface area contributed by atoms with Crippen LogP contribution in [-0.4, -0.2) is 25.0 Å². The average molecular weight is 248 g/mol. The summed E-state index contributed by atoms with van der Waals surface area (Å²) in [6, 6.07) is 3.63. The molecule has 1 unspecified atom stereocenters. The van der Waals surface area contributed by atoms with Crippen LogP contribution in [0.2, 0.25) is 0 Å². The quantitative estimate of drug-likeness (QED) is 0.608. The van der Waals surface area contributed by atoms with Gasteiger partial charge in [-0.05, 0) is 37.1 Å². The maximum atomic E-state index is 12.2. The van der Waals surface area contributed by atoms with Crippen LogP contribution in [-0.2, 0) is 9.53 Å². The van der Waals surface area contributed by atoms with Crippen molar-refractivity contribution in [2.24, 2.45) is 0 Å².